The third-order valence-electron chi connectivity index (χ3n) is 5.34. The average molecular weight is 458 g/mol. The standard InChI is InChI=1S/C23H24ClN3O5/c24-19-11-17(32-10-9-28)7-8-18(19)23(31)27-14-22(30)26(13-21(29)25-16-5-6-16)12-15-3-1-2-4-20(15)27/h1-4,7-8,11,16,28H,5-6,9-10,12-14H2,(H,25,29). The first-order valence-corrected chi connectivity index (χ1v) is 10.8. The van der Waals surface area contributed by atoms with Gasteiger partial charge in [0, 0.05) is 18.3 Å². The minimum Gasteiger partial charge on any atom is -0.491 e. The number of benzene rings is 2. The topological polar surface area (TPSA) is 99.2 Å². The van der Waals surface area contributed by atoms with Crippen molar-refractivity contribution in [2.45, 2.75) is 25.4 Å². The minimum absolute atomic E-state index is 0.0522. The molecule has 4 rings (SSSR count). The number of para-hydroxylation sites is 1. The second-order valence-corrected chi connectivity index (χ2v) is 8.23. The van der Waals surface area contributed by atoms with Gasteiger partial charge < -0.3 is 20.1 Å². The quantitative estimate of drug-likeness (QED) is 0.662. The molecule has 1 aliphatic carbocycles. The fourth-order valence-electron chi connectivity index (χ4n) is 3.59. The number of nitrogens with zero attached hydrogens (tertiary/aromatic N) is 2. The number of fused-ring (bicyclic) bond motifs is 1. The molecule has 0 saturated heterocycles. The normalized spacial score (nSPS) is 15.8. The summed E-state index contributed by atoms with van der Waals surface area (Å²) < 4.78 is 5.33. The molecule has 3 amide bonds. The maximum Gasteiger partial charge on any atom is 0.260 e. The highest BCUT2D eigenvalue weighted by atomic mass is 35.5. The number of nitrogens with one attached hydrogen (secondary N) is 1. The second kappa shape index (κ2) is 9.58. The number of hydrogen-bond acceptors (Lipinski definition) is 5. The largest absolute Gasteiger partial charge is 0.491 e. The third kappa shape index (κ3) is 5.03. The first kappa shape index (κ1) is 22.1. The lowest BCUT2D eigenvalue weighted by atomic mass is 10.1. The maximum absolute atomic E-state index is 13.4. The van der Waals surface area contributed by atoms with E-state index in [9.17, 15) is 14.4 Å². The van der Waals surface area contributed by atoms with Crippen LogP contribution in [0, 0.1) is 0 Å². The zero-order chi connectivity index (χ0) is 22.7. The number of amides is 3. The summed E-state index contributed by atoms with van der Waals surface area (Å²) in [6, 6.07) is 12.1. The van der Waals surface area contributed by atoms with E-state index in [0.29, 0.717) is 11.4 Å². The first-order valence-electron chi connectivity index (χ1n) is 10.5. The Morgan fingerprint density at radius 2 is 1.94 bits per heavy atom. The molecule has 0 bridgehead atoms. The second-order valence-electron chi connectivity index (χ2n) is 7.83. The summed E-state index contributed by atoms with van der Waals surface area (Å²) in [6.45, 7) is -0.0462. The number of anilines is 1. The molecule has 0 atom stereocenters. The Morgan fingerprint density at radius 1 is 1.16 bits per heavy atom. The van der Waals surface area contributed by atoms with E-state index in [-0.39, 0.29) is 61.3 Å². The minimum atomic E-state index is -0.422. The van der Waals surface area contributed by atoms with Crippen molar-refractivity contribution < 1.29 is 24.2 Å². The molecule has 32 heavy (non-hydrogen) atoms. The van der Waals surface area contributed by atoms with Crippen molar-refractivity contribution in [1.29, 1.82) is 0 Å². The number of aliphatic hydroxyl groups excluding tert-OH is 1. The predicted octanol–water partition coefficient (Wildman–Crippen LogP) is 1.98. The van der Waals surface area contributed by atoms with Crippen molar-refractivity contribution in [3.05, 3.63) is 58.6 Å². The van der Waals surface area contributed by atoms with Crippen molar-refractivity contribution in [2.24, 2.45) is 0 Å². The van der Waals surface area contributed by atoms with Crippen LogP contribution in [0.2, 0.25) is 5.02 Å². The lowest BCUT2D eigenvalue weighted by molar-refractivity contribution is -0.135. The van der Waals surface area contributed by atoms with E-state index in [1.807, 2.05) is 12.1 Å². The summed E-state index contributed by atoms with van der Waals surface area (Å²) in [7, 11) is 0. The molecule has 2 aromatic rings. The molecule has 1 saturated carbocycles. The lowest BCUT2D eigenvalue weighted by Gasteiger charge is -2.23. The van der Waals surface area contributed by atoms with Gasteiger partial charge in [0.2, 0.25) is 11.8 Å². The SMILES string of the molecule is O=C(CN1Cc2ccccc2N(C(=O)c2ccc(OCCO)cc2Cl)CC1=O)NC1CC1. The van der Waals surface area contributed by atoms with E-state index < -0.39 is 5.91 Å². The van der Waals surface area contributed by atoms with Gasteiger partial charge in [0.05, 0.1) is 23.7 Å². The molecular weight excluding hydrogens is 434 g/mol. The van der Waals surface area contributed by atoms with Crippen LogP contribution in [0.4, 0.5) is 5.69 Å². The van der Waals surface area contributed by atoms with Crippen LogP contribution in [-0.4, -0.2) is 60.1 Å². The fraction of sp³-hybridized carbons (Fsp3) is 0.348. The Bertz CT molecular complexity index is 1040. The molecule has 2 aliphatic rings. The van der Waals surface area contributed by atoms with Crippen LogP contribution in [0.15, 0.2) is 42.5 Å². The molecule has 0 spiro atoms. The van der Waals surface area contributed by atoms with Crippen molar-refractivity contribution >= 4 is 35.0 Å². The molecule has 0 radical (unpaired) electrons. The molecular formula is C23H24ClN3O5. The van der Waals surface area contributed by atoms with Crippen molar-refractivity contribution in [1.82, 2.24) is 10.2 Å². The van der Waals surface area contributed by atoms with Gasteiger partial charge in [-0.1, -0.05) is 29.8 Å². The van der Waals surface area contributed by atoms with Crippen molar-refractivity contribution in [2.75, 3.05) is 31.2 Å². The van der Waals surface area contributed by atoms with Gasteiger partial charge in [-0.2, -0.15) is 0 Å². The highest BCUT2D eigenvalue weighted by Crippen LogP contribution is 2.30. The Labute approximate surface area is 190 Å². The number of hydrogen-bond donors (Lipinski definition) is 2. The van der Waals surface area contributed by atoms with Crippen LogP contribution in [0.5, 0.6) is 5.75 Å². The van der Waals surface area contributed by atoms with Gasteiger partial charge in [-0.05, 0) is 42.7 Å². The highest BCUT2D eigenvalue weighted by molar-refractivity contribution is 6.34. The fourth-order valence-corrected chi connectivity index (χ4v) is 3.84. The van der Waals surface area contributed by atoms with Gasteiger partial charge in [0.1, 0.15) is 18.9 Å². The average Bonchev–Trinajstić information content (AvgIpc) is 3.60. The monoisotopic (exact) mass is 457 g/mol. The summed E-state index contributed by atoms with van der Waals surface area (Å²) in [4.78, 5) is 41.6. The van der Waals surface area contributed by atoms with Gasteiger partial charge in [-0.15, -0.1) is 0 Å². The van der Waals surface area contributed by atoms with Gasteiger partial charge in [-0.3, -0.25) is 19.3 Å². The zero-order valence-corrected chi connectivity index (χ0v) is 18.2. The predicted molar refractivity (Wildman–Crippen MR) is 119 cm³/mol. The summed E-state index contributed by atoms with van der Waals surface area (Å²) in [6.07, 6.45) is 1.94. The van der Waals surface area contributed by atoms with Crippen molar-refractivity contribution in [3.63, 3.8) is 0 Å². The van der Waals surface area contributed by atoms with Crippen LogP contribution in [-0.2, 0) is 16.1 Å². The van der Waals surface area contributed by atoms with Crippen LogP contribution in [0.25, 0.3) is 0 Å². The number of halogens is 1. The Balaban J connectivity index is 1.58. The van der Waals surface area contributed by atoms with E-state index in [0.717, 1.165) is 18.4 Å². The first-order chi connectivity index (χ1) is 15.5. The smallest absolute Gasteiger partial charge is 0.260 e. The maximum atomic E-state index is 13.4. The van der Waals surface area contributed by atoms with Crippen LogP contribution >= 0.6 is 11.6 Å². The van der Waals surface area contributed by atoms with E-state index in [2.05, 4.69) is 5.32 Å². The van der Waals surface area contributed by atoms with Gasteiger partial charge in [0.25, 0.3) is 5.91 Å². The molecule has 9 heteroatoms. The molecule has 1 heterocycles. The summed E-state index contributed by atoms with van der Waals surface area (Å²) in [5.41, 5.74) is 1.60. The number of ether oxygens (including phenoxy) is 1. The molecule has 2 aromatic carbocycles. The molecule has 168 valence electrons. The lowest BCUT2D eigenvalue weighted by Crippen LogP contribution is -2.44. The Morgan fingerprint density at radius 3 is 2.66 bits per heavy atom. The van der Waals surface area contributed by atoms with E-state index in [1.54, 1.807) is 18.2 Å². The molecule has 2 N–H and O–H groups in total. The van der Waals surface area contributed by atoms with Gasteiger partial charge in [-0.25, -0.2) is 0 Å². The van der Waals surface area contributed by atoms with E-state index in [1.165, 1.54) is 21.9 Å². The molecule has 8 nitrogen and oxygen atoms in total. The molecule has 0 unspecified atom stereocenters. The summed E-state index contributed by atoms with van der Waals surface area (Å²) >= 11 is 6.34. The third-order valence-corrected chi connectivity index (χ3v) is 5.66. The Hall–Kier alpha value is -3.10. The zero-order valence-electron chi connectivity index (χ0n) is 17.4. The number of carbonyl (C=O) groups excluding carboxylic acids is 3. The van der Waals surface area contributed by atoms with E-state index >= 15 is 0 Å². The van der Waals surface area contributed by atoms with Crippen LogP contribution < -0.4 is 15.0 Å². The number of carbonyl (C=O) groups is 3. The molecule has 1 fully saturated rings. The summed E-state index contributed by atoms with van der Waals surface area (Å²) in [5.74, 6) is -0.506. The highest BCUT2D eigenvalue weighted by Gasteiger charge is 2.32. The molecule has 1 aliphatic heterocycles. The van der Waals surface area contributed by atoms with Crippen LogP contribution in [0.3, 0.4) is 0 Å². The Kier molecular flexibility index (Phi) is 6.62. The number of rotatable bonds is 7. The van der Waals surface area contributed by atoms with Crippen LogP contribution in [0.1, 0.15) is 28.8 Å². The van der Waals surface area contributed by atoms with Crippen molar-refractivity contribution in [3.8, 4) is 5.75 Å². The summed E-state index contributed by atoms with van der Waals surface area (Å²) in [5, 5.41) is 12.0. The van der Waals surface area contributed by atoms with Gasteiger partial charge in [0.15, 0.2) is 0 Å². The van der Waals surface area contributed by atoms with E-state index in [4.69, 9.17) is 21.4 Å². The van der Waals surface area contributed by atoms with Gasteiger partial charge >= 0.3 is 0 Å². The molecule has 0 aromatic heterocycles. The number of aliphatic hydroxyl groups is 1.